The van der Waals surface area contributed by atoms with Gasteiger partial charge in [-0.3, -0.25) is 4.79 Å². The predicted octanol–water partition coefficient (Wildman–Crippen LogP) is 5.95. The van der Waals surface area contributed by atoms with Gasteiger partial charge in [0, 0.05) is 6.54 Å². The van der Waals surface area contributed by atoms with Gasteiger partial charge in [0.05, 0.1) is 11.5 Å². The van der Waals surface area contributed by atoms with Gasteiger partial charge in [-0.1, -0.05) is 34.1 Å². The van der Waals surface area contributed by atoms with E-state index in [9.17, 15) is 9.90 Å². The molecular weight excluding hydrogens is 382 g/mol. The van der Waals surface area contributed by atoms with Crippen molar-refractivity contribution in [3.8, 4) is 0 Å². The van der Waals surface area contributed by atoms with Crippen molar-refractivity contribution in [1.82, 2.24) is 5.32 Å². The lowest BCUT2D eigenvalue weighted by Gasteiger charge is -2.69. The van der Waals surface area contributed by atoms with E-state index in [-0.39, 0.29) is 16.9 Å². The van der Waals surface area contributed by atoms with Crippen LogP contribution in [0.1, 0.15) is 105 Å². The molecule has 0 aliphatic heterocycles. The Morgan fingerprint density at radius 2 is 1.58 bits per heavy atom. The Balaban J connectivity index is 1.45. The number of amides is 1. The van der Waals surface area contributed by atoms with Crippen LogP contribution in [0.15, 0.2) is 0 Å². The molecule has 5 saturated carbocycles. The zero-order chi connectivity index (χ0) is 22.2. The summed E-state index contributed by atoms with van der Waals surface area (Å²) in [6.07, 6.45) is 13.4. The number of aliphatic hydroxyl groups is 1. The molecule has 5 aliphatic carbocycles. The average molecular weight is 430 g/mol. The first-order valence-electron chi connectivity index (χ1n) is 13.6. The third-order valence-electron chi connectivity index (χ3n) is 12.3. The van der Waals surface area contributed by atoms with Gasteiger partial charge in [-0.05, 0) is 117 Å². The first-order chi connectivity index (χ1) is 14.6. The molecule has 1 amide bonds. The van der Waals surface area contributed by atoms with Crippen LogP contribution in [0.4, 0.5) is 0 Å². The highest BCUT2D eigenvalue weighted by molar-refractivity contribution is 5.83. The van der Waals surface area contributed by atoms with Crippen LogP contribution in [0.25, 0.3) is 0 Å². The largest absolute Gasteiger partial charge is 0.393 e. The van der Waals surface area contributed by atoms with Gasteiger partial charge in [-0.2, -0.15) is 0 Å². The van der Waals surface area contributed by atoms with Gasteiger partial charge < -0.3 is 10.4 Å². The SMILES string of the molecule is CCNC(=O)C12CCCC1C1CCC3C(C)(CCC4C(C)(C)C(O)CCC43C)C1CC2. The van der Waals surface area contributed by atoms with E-state index in [2.05, 4.69) is 39.9 Å². The van der Waals surface area contributed by atoms with E-state index in [4.69, 9.17) is 0 Å². The van der Waals surface area contributed by atoms with Crippen molar-refractivity contribution in [2.75, 3.05) is 6.54 Å². The van der Waals surface area contributed by atoms with Crippen LogP contribution < -0.4 is 5.32 Å². The Bertz CT molecular complexity index is 733. The zero-order valence-electron chi connectivity index (χ0n) is 20.8. The van der Waals surface area contributed by atoms with Gasteiger partial charge in [0.25, 0.3) is 0 Å². The molecule has 0 saturated heterocycles. The lowest BCUT2D eigenvalue weighted by molar-refractivity contribution is -0.214. The summed E-state index contributed by atoms with van der Waals surface area (Å²) in [6.45, 7) is 12.8. The molecule has 2 N–H and O–H groups in total. The van der Waals surface area contributed by atoms with E-state index in [1.807, 2.05) is 0 Å². The molecule has 9 unspecified atom stereocenters. The zero-order valence-corrected chi connectivity index (χ0v) is 20.8. The second-order valence-electron chi connectivity index (χ2n) is 13.4. The highest BCUT2D eigenvalue weighted by atomic mass is 16.3. The minimum Gasteiger partial charge on any atom is -0.393 e. The van der Waals surface area contributed by atoms with E-state index in [1.54, 1.807) is 0 Å². The van der Waals surface area contributed by atoms with Gasteiger partial charge in [-0.15, -0.1) is 0 Å². The molecule has 0 radical (unpaired) electrons. The van der Waals surface area contributed by atoms with Crippen molar-refractivity contribution in [2.45, 2.75) is 111 Å². The topological polar surface area (TPSA) is 49.3 Å². The molecule has 5 aliphatic rings. The molecule has 0 bridgehead atoms. The summed E-state index contributed by atoms with van der Waals surface area (Å²) < 4.78 is 0. The summed E-state index contributed by atoms with van der Waals surface area (Å²) in [4.78, 5) is 13.2. The standard InChI is InChI=1S/C28H47NO2/c1-6-29-24(31)28-14-7-8-20(28)18-9-10-22-26(4,19(18)11-17-28)15-12-21-25(2,3)23(30)13-16-27(21,22)5/h18-23,30H,6-17H2,1-5H3,(H,29,31). The average Bonchev–Trinajstić information content (AvgIpc) is 3.17. The fraction of sp³-hybridized carbons (Fsp3) is 0.964. The summed E-state index contributed by atoms with van der Waals surface area (Å²) in [5.41, 5.74) is 0.766. The number of hydrogen-bond acceptors (Lipinski definition) is 2. The van der Waals surface area contributed by atoms with Gasteiger partial charge in [0.15, 0.2) is 0 Å². The van der Waals surface area contributed by atoms with Crippen LogP contribution >= 0.6 is 0 Å². The van der Waals surface area contributed by atoms with E-state index < -0.39 is 0 Å². The van der Waals surface area contributed by atoms with Crippen molar-refractivity contribution >= 4 is 5.91 Å². The molecule has 0 aromatic rings. The van der Waals surface area contributed by atoms with Crippen molar-refractivity contribution in [3.05, 3.63) is 0 Å². The maximum absolute atomic E-state index is 13.2. The summed E-state index contributed by atoms with van der Waals surface area (Å²) in [5, 5.41) is 14.1. The molecule has 0 heterocycles. The maximum Gasteiger partial charge on any atom is 0.226 e. The molecule has 5 rings (SSSR count). The lowest BCUT2D eigenvalue weighted by atomic mass is 9.36. The molecule has 0 aromatic carbocycles. The normalized spacial score (nSPS) is 53.0. The second-order valence-corrected chi connectivity index (χ2v) is 13.4. The van der Waals surface area contributed by atoms with Gasteiger partial charge in [0.2, 0.25) is 5.91 Å². The van der Waals surface area contributed by atoms with Crippen molar-refractivity contribution in [1.29, 1.82) is 0 Å². The minimum atomic E-state index is -0.142. The third-order valence-corrected chi connectivity index (χ3v) is 12.3. The molecule has 3 heteroatoms. The molecule has 31 heavy (non-hydrogen) atoms. The van der Waals surface area contributed by atoms with Crippen LogP contribution in [0.2, 0.25) is 0 Å². The Morgan fingerprint density at radius 1 is 0.839 bits per heavy atom. The van der Waals surface area contributed by atoms with E-state index in [0.29, 0.717) is 28.6 Å². The van der Waals surface area contributed by atoms with Crippen LogP contribution in [0, 0.1) is 51.2 Å². The summed E-state index contributed by atoms with van der Waals surface area (Å²) >= 11 is 0. The van der Waals surface area contributed by atoms with Gasteiger partial charge in [-0.25, -0.2) is 0 Å². The monoisotopic (exact) mass is 429 g/mol. The van der Waals surface area contributed by atoms with Crippen molar-refractivity contribution in [2.24, 2.45) is 51.2 Å². The molecule has 5 fully saturated rings. The molecule has 3 nitrogen and oxygen atoms in total. The van der Waals surface area contributed by atoms with E-state index in [1.165, 1.54) is 51.4 Å². The maximum atomic E-state index is 13.2. The predicted molar refractivity (Wildman–Crippen MR) is 125 cm³/mol. The fourth-order valence-electron chi connectivity index (χ4n) is 10.9. The highest BCUT2D eigenvalue weighted by Crippen LogP contribution is 2.72. The van der Waals surface area contributed by atoms with Crippen molar-refractivity contribution < 1.29 is 9.90 Å². The minimum absolute atomic E-state index is 0.0383. The van der Waals surface area contributed by atoms with Gasteiger partial charge in [0.1, 0.15) is 0 Å². The van der Waals surface area contributed by atoms with E-state index >= 15 is 0 Å². The number of nitrogens with one attached hydrogen (secondary N) is 1. The third kappa shape index (κ3) is 2.83. The quantitative estimate of drug-likeness (QED) is 0.570. The second kappa shape index (κ2) is 7.21. The Hall–Kier alpha value is -0.570. The number of hydrogen-bond donors (Lipinski definition) is 2. The van der Waals surface area contributed by atoms with Crippen LogP contribution in [-0.2, 0) is 4.79 Å². The summed E-state index contributed by atoms with van der Waals surface area (Å²) in [5.74, 6) is 3.97. The Morgan fingerprint density at radius 3 is 2.32 bits per heavy atom. The molecule has 0 aromatic heterocycles. The highest BCUT2D eigenvalue weighted by Gasteiger charge is 2.66. The molecule has 9 atom stereocenters. The Labute approximate surface area is 190 Å². The summed E-state index contributed by atoms with van der Waals surface area (Å²) in [6, 6.07) is 0. The molecule has 176 valence electrons. The Kier molecular flexibility index (Phi) is 5.17. The van der Waals surface area contributed by atoms with Crippen LogP contribution in [0.5, 0.6) is 0 Å². The van der Waals surface area contributed by atoms with Gasteiger partial charge >= 0.3 is 0 Å². The number of rotatable bonds is 2. The molecule has 0 spiro atoms. The number of carbonyl (C=O) groups excluding carboxylic acids is 1. The number of fused-ring (bicyclic) bond motifs is 7. The van der Waals surface area contributed by atoms with Crippen LogP contribution in [0.3, 0.4) is 0 Å². The van der Waals surface area contributed by atoms with Crippen LogP contribution in [-0.4, -0.2) is 23.7 Å². The molecular formula is C28H47NO2. The fourth-order valence-corrected chi connectivity index (χ4v) is 10.9. The first kappa shape index (κ1) is 22.2. The van der Waals surface area contributed by atoms with E-state index in [0.717, 1.165) is 43.6 Å². The smallest absolute Gasteiger partial charge is 0.226 e. The number of carbonyl (C=O) groups is 1. The lowest BCUT2D eigenvalue weighted by Crippen LogP contribution is -2.63. The first-order valence-corrected chi connectivity index (χ1v) is 13.6. The number of aliphatic hydroxyl groups excluding tert-OH is 1. The summed E-state index contributed by atoms with van der Waals surface area (Å²) in [7, 11) is 0. The van der Waals surface area contributed by atoms with Crippen molar-refractivity contribution in [3.63, 3.8) is 0 Å².